The van der Waals surface area contributed by atoms with Crippen LogP contribution in [0.1, 0.15) is 62.5 Å². The van der Waals surface area contributed by atoms with Crippen molar-refractivity contribution >= 4 is 17.8 Å². The molecule has 0 spiro atoms. The minimum Gasteiger partial charge on any atom is -0.494 e. The average molecular weight is 387 g/mol. The summed E-state index contributed by atoms with van der Waals surface area (Å²) in [7, 11) is 0. The Morgan fingerprint density at radius 3 is 2.48 bits per heavy atom. The summed E-state index contributed by atoms with van der Waals surface area (Å²) in [6.45, 7) is 5.08. The third kappa shape index (κ3) is 6.53. The molecule has 0 amide bonds. The molecule has 3 rings (SSSR count). The first-order valence-corrected chi connectivity index (χ1v) is 9.92. The second-order valence-electron chi connectivity index (χ2n) is 7.15. The maximum absolute atomic E-state index is 8.12. The Bertz CT molecular complexity index is 736. The van der Waals surface area contributed by atoms with Crippen LogP contribution in [0.3, 0.4) is 0 Å². The SMILES string of the molecule is CCOc1ccc([C@@H]2CCC(C[C@H](C)c3cccc(Cl)c3)C2)cc1.O=C=O. The first-order chi connectivity index (χ1) is 13.1. The number of hydrogen-bond donors (Lipinski definition) is 0. The number of carbonyl (C=O) groups excluding carboxylic acids is 2. The largest absolute Gasteiger partial charge is 0.494 e. The van der Waals surface area contributed by atoms with Crippen molar-refractivity contribution in [3.63, 3.8) is 0 Å². The summed E-state index contributed by atoms with van der Waals surface area (Å²) in [5.74, 6) is 3.07. The molecule has 27 heavy (non-hydrogen) atoms. The van der Waals surface area contributed by atoms with Crippen molar-refractivity contribution in [3.05, 3.63) is 64.7 Å². The zero-order chi connectivity index (χ0) is 19.6. The molecular weight excluding hydrogens is 360 g/mol. The molecular formula is C23H27ClO3. The first-order valence-electron chi connectivity index (χ1n) is 9.54. The summed E-state index contributed by atoms with van der Waals surface area (Å²) in [4.78, 5) is 16.2. The van der Waals surface area contributed by atoms with Crippen molar-refractivity contribution in [1.82, 2.24) is 0 Å². The molecule has 0 radical (unpaired) electrons. The van der Waals surface area contributed by atoms with E-state index in [9.17, 15) is 0 Å². The minimum atomic E-state index is 0.250. The van der Waals surface area contributed by atoms with Gasteiger partial charge in [-0.15, -0.1) is 0 Å². The van der Waals surface area contributed by atoms with Gasteiger partial charge in [0.15, 0.2) is 0 Å². The first kappa shape index (κ1) is 21.2. The fraction of sp³-hybridized carbons (Fsp3) is 0.435. The molecule has 3 atom stereocenters. The highest BCUT2D eigenvalue weighted by molar-refractivity contribution is 6.30. The van der Waals surface area contributed by atoms with E-state index in [1.54, 1.807) is 0 Å². The van der Waals surface area contributed by atoms with E-state index in [-0.39, 0.29) is 6.15 Å². The van der Waals surface area contributed by atoms with Gasteiger partial charge in [-0.3, -0.25) is 0 Å². The van der Waals surface area contributed by atoms with Gasteiger partial charge in [-0.2, -0.15) is 9.59 Å². The molecule has 1 fully saturated rings. The molecule has 0 heterocycles. The fourth-order valence-corrected chi connectivity index (χ4v) is 4.24. The normalized spacial score (nSPS) is 19.5. The molecule has 2 aromatic rings. The predicted molar refractivity (Wildman–Crippen MR) is 107 cm³/mol. The summed E-state index contributed by atoms with van der Waals surface area (Å²) in [6.07, 6.45) is 5.45. The zero-order valence-electron chi connectivity index (χ0n) is 16.0. The standard InChI is InChI=1S/C22H27ClO.CO2/c1-3-24-22-11-9-18(10-12-22)20-8-7-17(14-20)13-16(2)19-5-4-6-21(23)15-19;2-1-3/h4-6,9-12,15-17,20H,3,7-8,13-14H2,1-2H3;/t16-,17?,20+;/m0./s1. The van der Waals surface area contributed by atoms with Crippen LogP contribution in [-0.4, -0.2) is 12.8 Å². The Hall–Kier alpha value is -2.09. The number of rotatable bonds is 6. The summed E-state index contributed by atoms with van der Waals surface area (Å²) < 4.78 is 5.55. The molecule has 1 aliphatic rings. The molecule has 0 aromatic heterocycles. The number of halogens is 1. The summed E-state index contributed by atoms with van der Waals surface area (Å²) >= 11 is 6.13. The Kier molecular flexibility index (Phi) is 8.57. The summed E-state index contributed by atoms with van der Waals surface area (Å²) in [5.41, 5.74) is 2.84. The molecule has 1 aliphatic carbocycles. The van der Waals surface area contributed by atoms with E-state index in [1.807, 2.05) is 13.0 Å². The fourth-order valence-electron chi connectivity index (χ4n) is 4.04. The van der Waals surface area contributed by atoms with Crippen molar-refractivity contribution in [2.45, 2.75) is 51.4 Å². The van der Waals surface area contributed by atoms with Crippen LogP contribution in [0.15, 0.2) is 48.5 Å². The molecule has 0 saturated heterocycles. The van der Waals surface area contributed by atoms with Gasteiger partial charge in [0.25, 0.3) is 0 Å². The van der Waals surface area contributed by atoms with Gasteiger partial charge in [-0.05, 0) is 85.8 Å². The van der Waals surface area contributed by atoms with Crippen molar-refractivity contribution in [1.29, 1.82) is 0 Å². The molecule has 4 heteroatoms. The Morgan fingerprint density at radius 1 is 1.15 bits per heavy atom. The second-order valence-corrected chi connectivity index (χ2v) is 7.59. The molecule has 3 nitrogen and oxygen atoms in total. The quantitative estimate of drug-likeness (QED) is 0.590. The van der Waals surface area contributed by atoms with Gasteiger partial charge < -0.3 is 4.74 Å². The number of benzene rings is 2. The van der Waals surface area contributed by atoms with Gasteiger partial charge >= 0.3 is 6.15 Å². The van der Waals surface area contributed by atoms with E-state index in [0.29, 0.717) is 11.8 Å². The molecule has 1 unspecified atom stereocenters. The van der Waals surface area contributed by atoms with Crippen molar-refractivity contribution in [2.24, 2.45) is 5.92 Å². The lowest BCUT2D eigenvalue weighted by atomic mass is 9.88. The van der Waals surface area contributed by atoms with Crippen molar-refractivity contribution in [2.75, 3.05) is 6.61 Å². The molecule has 144 valence electrons. The van der Waals surface area contributed by atoms with Crippen LogP contribution in [-0.2, 0) is 9.59 Å². The van der Waals surface area contributed by atoms with Gasteiger partial charge in [0.05, 0.1) is 6.61 Å². The highest BCUT2D eigenvalue weighted by atomic mass is 35.5. The van der Waals surface area contributed by atoms with Gasteiger partial charge in [0, 0.05) is 5.02 Å². The highest BCUT2D eigenvalue weighted by Crippen LogP contribution is 2.42. The van der Waals surface area contributed by atoms with Crippen LogP contribution in [0.2, 0.25) is 5.02 Å². The van der Waals surface area contributed by atoms with Gasteiger partial charge in [0.1, 0.15) is 5.75 Å². The maximum Gasteiger partial charge on any atom is 0.373 e. The molecule has 0 bridgehead atoms. The molecule has 0 N–H and O–H groups in total. The minimum absolute atomic E-state index is 0.250. The predicted octanol–water partition coefficient (Wildman–Crippen LogP) is 6.23. The lowest BCUT2D eigenvalue weighted by Gasteiger charge is -2.18. The monoisotopic (exact) mass is 386 g/mol. The molecule has 1 saturated carbocycles. The van der Waals surface area contributed by atoms with Crippen LogP contribution >= 0.6 is 11.6 Å². The number of ether oxygens (including phenoxy) is 1. The van der Waals surface area contributed by atoms with Gasteiger partial charge in [0.2, 0.25) is 0 Å². The molecule has 0 aliphatic heterocycles. The average Bonchev–Trinajstić information content (AvgIpc) is 3.12. The number of hydrogen-bond acceptors (Lipinski definition) is 3. The van der Waals surface area contributed by atoms with Crippen molar-refractivity contribution in [3.8, 4) is 5.75 Å². The van der Waals surface area contributed by atoms with Crippen LogP contribution in [0.25, 0.3) is 0 Å². The topological polar surface area (TPSA) is 43.4 Å². The van der Waals surface area contributed by atoms with E-state index >= 15 is 0 Å². The van der Waals surface area contributed by atoms with E-state index in [1.165, 1.54) is 36.8 Å². The van der Waals surface area contributed by atoms with E-state index in [4.69, 9.17) is 25.9 Å². The maximum atomic E-state index is 8.12. The smallest absolute Gasteiger partial charge is 0.373 e. The summed E-state index contributed by atoms with van der Waals surface area (Å²) in [6, 6.07) is 17.1. The Morgan fingerprint density at radius 2 is 1.85 bits per heavy atom. The van der Waals surface area contributed by atoms with Gasteiger partial charge in [-0.25, -0.2) is 0 Å². The second kappa shape index (κ2) is 10.9. The van der Waals surface area contributed by atoms with E-state index in [0.717, 1.165) is 23.3 Å². The Labute approximate surface area is 166 Å². The lowest BCUT2D eigenvalue weighted by molar-refractivity contribution is -0.191. The van der Waals surface area contributed by atoms with Crippen LogP contribution < -0.4 is 4.74 Å². The van der Waals surface area contributed by atoms with Crippen LogP contribution in [0.5, 0.6) is 5.75 Å². The molecule has 2 aromatic carbocycles. The van der Waals surface area contributed by atoms with Crippen LogP contribution in [0, 0.1) is 5.92 Å². The lowest BCUT2D eigenvalue weighted by Crippen LogP contribution is -2.03. The zero-order valence-corrected chi connectivity index (χ0v) is 16.7. The van der Waals surface area contributed by atoms with Crippen molar-refractivity contribution < 1.29 is 14.3 Å². The third-order valence-corrected chi connectivity index (χ3v) is 5.54. The summed E-state index contributed by atoms with van der Waals surface area (Å²) in [5, 5.41) is 0.845. The van der Waals surface area contributed by atoms with E-state index < -0.39 is 0 Å². The van der Waals surface area contributed by atoms with Crippen LogP contribution in [0.4, 0.5) is 0 Å². The Balaban J connectivity index is 0.000000817. The van der Waals surface area contributed by atoms with Gasteiger partial charge in [-0.1, -0.05) is 42.8 Å². The highest BCUT2D eigenvalue weighted by Gasteiger charge is 2.27. The van der Waals surface area contributed by atoms with E-state index in [2.05, 4.69) is 49.4 Å². The third-order valence-electron chi connectivity index (χ3n) is 5.31.